The molecule has 2 rings (SSSR count). The second-order valence-electron chi connectivity index (χ2n) is 4.45. The second-order valence-corrected chi connectivity index (χ2v) is 4.45. The summed E-state index contributed by atoms with van der Waals surface area (Å²) in [4.78, 5) is 10.9. The van der Waals surface area contributed by atoms with Crippen molar-refractivity contribution in [2.24, 2.45) is 0 Å². The number of piperidine rings is 1. The summed E-state index contributed by atoms with van der Waals surface area (Å²) in [6.45, 7) is 2.67. The maximum absolute atomic E-state index is 10.9. The van der Waals surface area contributed by atoms with E-state index in [0.717, 1.165) is 19.4 Å². The number of carbonyl (C=O) groups excluding carboxylic acids is 1. The first-order chi connectivity index (χ1) is 6.20. The van der Waals surface area contributed by atoms with Crippen molar-refractivity contribution in [1.29, 1.82) is 0 Å². The van der Waals surface area contributed by atoms with E-state index >= 15 is 0 Å². The average molecular weight is 182 g/mol. The molecule has 13 heavy (non-hydrogen) atoms. The molecular weight excluding hydrogens is 164 g/mol. The topological polar surface area (TPSA) is 41.1 Å². The molecule has 0 aromatic heterocycles. The lowest BCUT2D eigenvalue weighted by molar-refractivity contribution is -0.120. The van der Waals surface area contributed by atoms with E-state index in [1.54, 1.807) is 6.92 Å². The maximum atomic E-state index is 10.9. The Labute approximate surface area is 79.3 Å². The monoisotopic (exact) mass is 182 g/mol. The molecule has 1 atom stereocenters. The molecule has 1 aliphatic heterocycles. The van der Waals surface area contributed by atoms with E-state index in [9.17, 15) is 4.79 Å². The number of hydrogen-bond acceptors (Lipinski definition) is 2. The van der Waals surface area contributed by atoms with Crippen LogP contribution in [0.3, 0.4) is 0 Å². The predicted molar refractivity (Wildman–Crippen MR) is 51.4 cm³/mol. The summed E-state index contributed by atoms with van der Waals surface area (Å²) in [5, 5.41) is 6.61. The van der Waals surface area contributed by atoms with Crippen LogP contribution in [-0.2, 0) is 4.79 Å². The molecule has 1 spiro atoms. The summed E-state index contributed by atoms with van der Waals surface area (Å²) in [5.74, 6) is 0.112. The Morgan fingerprint density at radius 1 is 1.54 bits per heavy atom. The van der Waals surface area contributed by atoms with Gasteiger partial charge in [-0.1, -0.05) is 0 Å². The quantitative estimate of drug-likeness (QED) is 0.629. The zero-order valence-corrected chi connectivity index (χ0v) is 8.23. The molecule has 1 aliphatic carbocycles. The summed E-state index contributed by atoms with van der Waals surface area (Å²) in [6, 6.07) is 0.416. The molecule has 0 radical (unpaired) electrons. The summed E-state index contributed by atoms with van der Waals surface area (Å²) in [6.07, 6.45) is 6.15. The molecule has 0 aromatic carbocycles. The van der Waals surface area contributed by atoms with Crippen LogP contribution in [-0.4, -0.2) is 24.0 Å². The van der Waals surface area contributed by atoms with Gasteiger partial charge in [-0.3, -0.25) is 4.79 Å². The largest absolute Gasteiger partial charge is 0.353 e. The normalized spacial score (nSPS) is 31.0. The van der Waals surface area contributed by atoms with E-state index in [2.05, 4.69) is 10.6 Å². The Hall–Kier alpha value is -0.570. The zero-order chi connectivity index (χ0) is 9.31. The molecule has 1 saturated heterocycles. The third-order valence-electron chi connectivity index (χ3n) is 3.35. The molecule has 3 heteroatoms. The fraction of sp³-hybridized carbons (Fsp3) is 0.900. The molecule has 74 valence electrons. The van der Waals surface area contributed by atoms with Crippen molar-refractivity contribution in [3.63, 3.8) is 0 Å². The van der Waals surface area contributed by atoms with Crippen molar-refractivity contribution >= 4 is 5.91 Å². The van der Waals surface area contributed by atoms with E-state index in [0.29, 0.717) is 11.6 Å². The minimum absolute atomic E-state index is 0.112. The summed E-state index contributed by atoms with van der Waals surface area (Å²) >= 11 is 0. The lowest BCUT2D eigenvalue weighted by Crippen LogP contribution is -2.59. The lowest BCUT2D eigenvalue weighted by atomic mass is 9.70. The SMILES string of the molecule is CC(=O)NC1CCNC2(CCC2)C1. The van der Waals surface area contributed by atoms with Crippen molar-refractivity contribution in [1.82, 2.24) is 10.6 Å². The smallest absolute Gasteiger partial charge is 0.217 e. The van der Waals surface area contributed by atoms with Crippen LogP contribution in [0.4, 0.5) is 0 Å². The van der Waals surface area contributed by atoms with E-state index in [4.69, 9.17) is 0 Å². The number of rotatable bonds is 1. The van der Waals surface area contributed by atoms with Crippen molar-refractivity contribution in [2.75, 3.05) is 6.54 Å². The highest BCUT2D eigenvalue weighted by molar-refractivity contribution is 5.73. The first-order valence-corrected chi connectivity index (χ1v) is 5.22. The van der Waals surface area contributed by atoms with E-state index in [-0.39, 0.29) is 5.91 Å². The standard InChI is InChI=1S/C10H18N2O/c1-8(13)12-9-3-6-11-10(7-9)4-2-5-10/h9,11H,2-7H2,1H3,(H,12,13). The zero-order valence-electron chi connectivity index (χ0n) is 8.23. The second kappa shape index (κ2) is 3.29. The lowest BCUT2D eigenvalue weighted by Gasteiger charge is -2.48. The Morgan fingerprint density at radius 3 is 2.85 bits per heavy atom. The molecule has 3 nitrogen and oxygen atoms in total. The van der Waals surface area contributed by atoms with Crippen molar-refractivity contribution in [3.05, 3.63) is 0 Å². The van der Waals surface area contributed by atoms with Crippen molar-refractivity contribution in [3.8, 4) is 0 Å². The Morgan fingerprint density at radius 2 is 2.31 bits per heavy atom. The molecule has 1 heterocycles. The fourth-order valence-corrected chi connectivity index (χ4v) is 2.55. The van der Waals surface area contributed by atoms with Crippen LogP contribution in [0.5, 0.6) is 0 Å². The van der Waals surface area contributed by atoms with Gasteiger partial charge in [0.15, 0.2) is 0 Å². The summed E-state index contributed by atoms with van der Waals surface area (Å²) in [7, 11) is 0. The van der Waals surface area contributed by atoms with E-state index in [1.165, 1.54) is 19.3 Å². The highest BCUT2D eigenvalue weighted by Crippen LogP contribution is 2.38. The Balaban J connectivity index is 1.88. The third kappa shape index (κ3) is 1.85. The van der Waals surface area contributed by atoms with E-state index in [1.807, 2.05) is 0 Å². The third-order valence-corrected chi connectivity index (χ3v) is 3.35. The molecule has 2 aliphatic rings. The Kier molecular flexibility index (Phi) is 2.28. The molecule has 1 saturated carbocycles. The van der Waals surface area contributed by atoms with Gasteiger partial charge < -0.3 is 10.6 Å². The Bertz CT molecular complexity index is 211. The maximum Gasteiger partial charge on any atom is 0.217 e. The van der Waals surface area contributed by atoms with Gasteiger partial charge in [0, 0.05) is 18.5 Å². The average Bonchev–Trinajstić information content (AvgIpc) is 2.01. The summed E-state index contributed by atoms with van der Waals surface area (Å²) < 4.78 is 0. The number of carbonyl (C=O) groups is 1. The van der Waals surface area contributed by atoms with Crippen LogP contribution in [0.15, 0.2) is 0 Å². The van der Waals surface area contributed by atoms with Crippen LogP contribution in [0, 0.1) is 0 Å². The molecule has 2 N–H and O–H groups in total. The fourth-order valence-electron chi connectivity index (χ4n) is 2.55. The first-order valence-electron chi connectivity index (χ1n) is 5.22. The minimum atomic E-state index is 0.112. The van der Waals surface area contributed by atoms with Crippen LogP contribution >= 0.6 is 0 Å². The molecule has 0 aromatic rings. The highest BCUT2D eigenvalue weighted by Gasteiger charge is 2.40. The number of amides is 1. The van der Waals surface area contributed by atoms with E-state index < -0.39 is 0 Å². The van der Waals surface area contributed by atoms with Gasteiger partial charge in [0.25, 0.3) is 0 Å². The van der Waals surface area contributed by atoms with Crippen LogP contribution in [0.25, 0.3) is 0 Å². The van der Waals surface area contributed by atoms with Crippen molar-refractivity contribution < 1.29 is 4.79 Å². The van der Waals surface area contributed by atoms with Gasteiger partial charge in [0.2, 0.25) is 5.91 Å². The van der Waals surface area contributed by atoms with Gasteiger partial charge in [-0.2, -0.15) is 0 Å². The van der Waals surface area contributed by atoms with Gasteiger partial charge in [-0.15, -0.1) is 0 Å². The van der Waals surface area contributed by atoms with Gasteiger partial charge in [-0.25, -0.2) is 0 Å². The number of nitrogens with one attached hydrogen (secondary N) is 2. The predicted octanol–water partition coefficient (Wildman–Crippen LogP) is 0.797. The molecule has 1 amide bonds. The minimum Gasteiger partial charge on any atom is -0.353 e. The highest BCUT2D eigenvalue weighted by atomic mass is 16.1. The van der Waals surface area contributed by atoms with Crippen LogP contribution in [0.1, 0.15) is 39.0 Å². The first kappa shape index (κ1) is 9.00. The molecule has 2 fully saturated rings. The molecule has 1 unspecified atom stereocenters. The van der Waals surface area contributed by atoms with Crippen LogP contribution < -0.4 is 10.6 Å². The van der Waals surface area contributed by atoms with Crippen LogP contribution in [0.2, 0.25) is 0 Å². The van der Waals surface area contributed by atoms with Crippen molar-refractivity contribution in [2.45, 2.75) is 50.6 Å². The van der Waals surface area contributed by atoms with Gasteiger partial charge in [-0.05, 0) is 38.6 Å². The molecule has 0 bridgehead atoms. The van der Waals surface area contributed by atoms with Gasteiger partial charge >= 0.3 is 0 Å². The molecular formula is C10H18N2O. The number of hydrogen-bond donors (Lipinski definition) is 2. The summed E-state index contributed by atoms with van der Waals surface area (Å²) in [5.41, 5.74) is 0.394. The van der Waals surface area contributed by atoms with Gasteiger partial charge in [0.1, 0.15) is 0 Å². The van der Waals surface area contributed by atoms with Gasteiger partial charge in [0.05, 0.1) is 0 Å².